The second-order valence-electron chi connectivity index (χ2n) is 2.81. The number of rotatable bonds is 4. The van der Waals surface area contributed by atoms with Crippen LogP contribution in [0.4, 0.5) is 0 Å². The van der Waals surface area contributed by atoms with E-state index in [4.69, 9.17) is 10.8 Å². The molecule has 0 saturated carbocycles. The molecule has 0 aliphatic rings. The fourth-order valence-corrected chi connectivity index (χ4v) is 0.655. The second kappa shape index (κ2) is 4.71. The van der Waals surface area contributed by atoms with Crippen LogP contribution in [0.3, 0.4) is 0 Å². The van der Waals surface area contributed by atoms with Gasteiger partial charge in [-0.2, -0.15) is 0 Å². The minimum absolute atomic E-state index is 0.150. The Hall–Kier alpha value is -1.10. The smallest absolute Gasteiger partial charge is 0.325 e. The molecule has 1 unspecified atom stereocenters. The summed E-state index contributed by atoms with van der Waals surface area (Å²) < 4.78 is 0. The Balaban J connectivity index is 3.77. The summed E-state index contributed by atoms with van der Waals surface area (Å²) in [5.74, 6) is -1.38. The number of nitrogens with one attached hydrogen (secondary N) is 1. The first-order valence-corrected chi connectivity index (χ1v) is 3.71. The van der Waals surface area contributed by atoms with Crippen LogP contribution in [-0.2, 0) is 9.59 Å². The van der Waals surface area contributed by atoms with Crippen molar-refractivity contribution in [3.8, 4) is 0 Å². The van der Waals surface area contributed by atoms with Crippen molar-refractivity contribution >= 4 is 11.9 Å². The molecule has 2 atom stereocenters. The van der Waals surface area contributed by atoms with Gasteiger partial charge < -0.3 is 16.2 Å². The average molecular weight is 174 g/mol. The van der Waals surface area contributed by atoms with Gasteiger partial charge in [0, 0.05) is 12.5 Å². The van der Waals surface area contributed by atoms with Gasteiger partial charge in [-0.05, 0) is 13.8 Å². The number of amides is 1. The molecule has 5 nitrogen and oxygen atoms in total. The fourth-order valence-electron chi connectivity index (χ4n) is 0.655. The maximum Gasteiger partial charge on any atom is 0.325 e. The molecular formula is C7H14N2O3. The van der Waals surface area contributed by atoms with E-state index in [0.717, 1.165) is 0 Å². The van der Waals surface area contributed by atoms with E-state index in [9.17, 15) is 9.59 Å². The minimum atomic E-state index is -1.05. The van der Waals surface area contributed by atoms with Crippen molar-refractivity contribution in [3.63, 3.8) is 0 Å². The number of nitrogens with two attached hydrogens (primary N) is 1. The van der Waals surface area contributed by atoms with Crippen molar-refractivity contribution in [2.24, 2.45) is 5.73 Å². The lowest BCUT2D eigenvalue weighted by Crippen LogP contribution is -2.40. The van der Waals surface area contributed by atoms with Gasteiger partial charge in [0.25, 0.3) is 0 Å². The van der Waals surface area contributed by atoms with E-state index < -0.39 is 12.0 Å². The molecular weight excluding hydrogens is 160 g/mol. The van der Waals surface area contributed by atoms with E-state index >= 15 is 0 Å². The van der Waals surface area contributed by atoms with E-state index in [0.29, 0.717) is 0 Å². The molecule has 0 fully saturated rings. The first-order valence-electron chi connectivity index (χ1n) is 3.71. The van der Waals surface area contributed by atoms with Crippen molar-refractivity contribution in [2.45, 2.75) is 32.4 Å². The predicted octanol–water partition coefficient (Wildman–Crippen LogP) is -0.687. The van der Waals surface area contributed by atoms with Gasteiger partial charge in [-0.25, -0.2) is 0 Å². The number of hydrogen-bond donors (Lipinski definition) is 3. The third-order valence-electron chi connectivity index (χ3n) is 1.26. The number of aliphatic carboxylic acids is 1. The molecule has 5 heteroatoms. The summed E-state index contributed by atoms with van der Waals surface area (Å²) in [7, 11) is 0. The van der Waals surface area contributed by atoms with Gasteiger partial charge >= 0.3 is 5.97 Å². The second-order valence-corrected chi connectivity index (χ2v) is 2.81. The molecule has 0 radical (unpaired) electrons. The Labute approximate surface area is 70.9 Å². The third kappa shape index (κ3) is 4.68. The molecule has 0 aliphatic carbocycles. The highest BCUT2D eigenvalue weighted by Crippen LogP contribution is 1.88. The van der Waals surface area contributed by atoms with Crippen molar-refractivity contribution in [1.82, 2.24) is 5.32 Å². The van der Waals surface area contributed by atoms with Crippen molar-refractivity contribution in [3.05, 3.63) is 0 Å². The Morgan fingerprint density at radius 1 is 1.50 bits per heavy atom. The molecule has 0 saturated heterocycles. The zero-order valence-electron chi connectivity index (χ0n) is 7.20. The van der Waals surface area contributed by atoms with E-state index in [2.05, 4.69) is 5.32 Å². The lowest BCUT2D eigenvalue weighted by atomic mass is 10.2. The van der Waals surface area contributed by atoms with Crippen LogP contribution in [0.2, 0.25) is 0 Å². The molecule has 4 N–H and O–H groups in total. The van der Waals surface area contributed by atoms with Crippen molar-refractivity contribution < 1.29 is 14.7 Å². The summed E-state index contributed by atoms with van der Waals surface area (Å²) in [5, 5.41) is 10.7. The number of carboxylic acids is 1. The number of carbonyl (C=O) groups is 2. The SMILES string of the molecule is CC(N)CC(=O)N[C@@H](C)C(=O)O. The quantitative estimate of drug-likeness (QED) is 0.526. The lowest BCUT2D eigenvalue weighted by Gasteiger charge is -2.10. The first-order chi connectivity index (χ1) is 5.43. The molecule has 12 heavy (non-hydrogen) atoms. The molecule has 0 aromatic heterocycles. The van der Waals surface area contributed by atoms with Crippen LogP contribution in [0.15, 0.2) is 0 Å². The van der Waals surface area contributed by atoms with Crippen LogP contribution < -0.4 is 11.1 Å². The highest BCUT2D eigenvalue weighted by atomic mass is 16.4. The van der Waals surface area contributed by atoms with E-state index in [1.165, 1.54) is 6.92 Å². The normalized spacial score (nSPS) is 14.9. The summed E-state index contributed by atoms with van der Waals surface area (Å²) in [5.41, 5.74) is 5.34. The van der Waals surface area contributed by atoms with Gasteiger partial charge in [0.2, 0.25) is 5.91 Å². The molecule has 0 heterocycles. The average Bonchev–Trinajstić information content (AvgIpc) is 1.84. The van der Waals surface area contributed by atoms with Gasteiger partial charge in [0.05, 0.1) is 0 Å². The highest BCUT2D eigenvalue weighted by molar-refractivity contribution is 5.83. The maximum atomic E-state index is 10.9. The molecule has 1 amide bonds. The molecule has 0 aromatic carbocycles. The van der Waals surface area contributed by atoms with Crippen LogP contribution >= 0.6 is 0 Å². The number of carbonyl (C=O) groups excluding carboxylic acids is 1. The highest BCUT2D eigenvalue weighted by Gasteiger charge is 2.14. The molecule has 0 aliphatic heterocycles. The summed E-state index contributed by atoms with van der Waals surface area (Å²) in [6, 6.07) is -1.10. The standard InChI is InChI=1S/C7H14N2O3/c1-4(8)3-6(10)9-5(2)7(11)12/h4-5H,3,8H2,1-2H3,(H,9,10)(H,11,12)/t4?,5-/m0/s1. The first kappa shape index (κ1) is 10.9. The Morgan fingerprint density at radius 3 is 2.33 bits per heavy atom. The Kier molecular flexibility index (Phi) is 4.28. The van der Waals surface area contributed by atoms with Gasteiger partial charge in [-0.3, -0.25) is 9.59 Å². The summed E-state index contributed by atoms with van der Waals surface area (Å²) in [6.07, 6.45) is 0.150. The zero-order valence-corrected chi connectivity index (χ0v) is 7.20. The van der Waals surface area contributed by atoms with Gasteiger partial charge in [0.1, 0.15) is 6.04 Å². The molecule has 70 valence electrons. The van der Waals surface area contributed by atoms with Crippen molar-refractivity contribution in [1.29, 1.82) is 0 Å². The van der Waals surface area contributed by atoms with Gasteiger partial charge in [-0.1, -0.05) is 0 Å². The Bertz CT molecular complexity index is 179. The molecule has 0 bridgehead atoms. The van der Waals surface area contributed by atoms with Crippen LogP contribution in [0.1, 0.15) is 20.3 Å². The van der Waals surface area contributed by atoms with Crippen molar-refractivity contribution in [2.75, 3.05) is 0 Å². The monoisotopic (exact) mass is 174 g/mol. The summed E-state index contributed by atoms with van der Waals surface area (Å²) in [6.45, 7) is 3.09. The Morgan fingerprint density at radius 2 is 2.00 bits per heavy atom. The minimum Gasteiger partial charge on any atom is -0.480 e. The fraction of sp³-hybridized carbons (Fsp3) is 0.714. The lowest BCUT2D eigenvalue weighted by molar-refractivity contribution is -0.141. The number of carboxylic acid groups (broad SMARTS) is 1. The van der Waals surface area contributed by atoms with E-state index in [1.54, 1.807) is 6.92 Å². The van der Waals surface area contributed by atoms with Crippen LogP contribution in [0.5, 0.6) is 0 Å². The van der Waals surface area contributed by atoms with E-state index in [-0.39, 0.29) is 18.4 Å². The van der Waals surface area contributed by atoms with Gasteiger partial charge in [-0.15, -0.1) is 0 Å². The van der Waals surface area contributed by atoms with Crippen LogP contribution in [-0.4, -0.2) is 29.1 Å². The summed E-state index contributed by atoms with van der Waals surface area (Å²) >= 11 is 0. The van der Waals surface area contributed by atoms with E-state index in [1.807, 2.05) is 0 Å². The number of hydrogen-bond acceptors (Lipinski definition) is 3. The van der Waals surface area contributed by atoms with Gasteiger partial charge in [0.15, 0.2) is 0 Å². The zero-order chi connectivity index (χ0) is 9.72. The molecule has 0 aromatic rings. The topological polar surface area (TPSA) is 92.4 Å². The van der Waals surface area contributed by atoms with Crippen LogP contribution in [0, 0.1) is 0 Å². The predicted molar refractivity (Wildman–Crippen MR) is 43.5 cm³/mol. The largest absolute Gasteiger partial charge is 0.480 e. The third-order valence-corrected chi connectivity index (χ3v) is 1.26. The summed E-state index contributed by atoms with van der Waals surface area (Å²) in [4.78, 5) is 21.2. The molecule has 0 rings (SSSR count). The molecule has 0 spiro atoms. The maximum absolute atomic E-state index is 10.9. The van der Waals surface area contributed by atoms with Crippen LogP contribution in [0.25, 0.3) is 0 Å².